The molecule has 0 spiro atoms. The van der Waals surface area contributed by atoms with Crippen LogP contribution in [0.2, 0.25) is 0 Å². The zero-order valence-corrected chi connectivity index (χ0v) is 17.2. The number of halogens is 1. The quantitative estimate of drug-likeness (QED) is 0.500. The number of methoxy groups -OCH3 is 1. The van der Waals surface area contributed by atoms with Crippen molar-refractivity contribution in [3.8, 4) is 17.1 Å². The van der Waals surface area contributed by atoms with Gasteiger partial charge in [0.15, 0.2) is 5.65 Å². The number of benzene rings is 1. The molecule has 10 heteroatoms. The number of imidazole rings is 1. The number of ether oxygens (including phenoxy) is 1. The summed E-state index contributed by atoms with van der Waals surface area (Å²) in [7, 11) is 1.52. The summed E-state index contributed by atoms with van der Waals surface area (Å²) in [5.74, 6) is -0.371. The minimum Gasteiger partial charge on any atom is -0.480 e. The van der Waals surface area contributed by atoms with Crippen LogP contribution in [0.5, 0.6) is 5.88 Å². The van der Waals surface area contributed by atoms with Crippen LogP contribution >= 0.6 is 0 Å². The topological polar surface area (TPSA) is 103 Å². The average Bonchev–Trinajstić information content (AvgIpc) is 3.55. The lowest BCUT2D eigenvalue weighted by Gasteiger charge is -2.09. The maximum Gasteiger partial charge on any atom is 0.267 e. The zero-order chi connectivity index (χ0) is 22.2. The highest BCUT2D eigenvalue weighted by atomic mass is 19.1. The third-order valence-electron chi connectivity index (χ3n) is 5.22. The van der Waals surface area contributed by atoms with Gasteiger partial charge in [0, 0.05) is 23.6 Å². The smallest absolute Gasteiger partial charge is 0.267 e. The molecule has 1 saturated carbocycles. The second-order valence-electron chi connectivity index (χ2n) is 7.58. The van der Waals surface area contributed by atoms with Crippen molar-refractivity contribution >= 4 is 17.2 Å². The van der Waals surface area contributed by atoms with Crippen molar-refractivity contribution in [2.45, 2.75) is 25.3 Å². The average molecular weight is 434 g/mol. The molecule has 0 saturated heterocycles. The van der Waals surface area contributed by atoms with Crippen LogP contribution in [0.25, 0.3) is 16.9 Å². The van der Waals surface area contributed by atoms with Crippen LogP contribution in [0, 0.1) is 5.82 Å². The Kier molecular flexibility index (Phi) is 4.89. The predicted molar refractivity (Wildman–Crippen MR) is 114 cm³/mol. The highest BCUT2D eigenvalue weighted by molar-refractivity contribution is 5.91. The molecule has 0 radical (unpaired) electrons. The highest BCUT2D eigenvalue weighted by Crippen LogP contribution is 2.38. The van der Waals surface area contributed by atoms with E-state index in [0.717, 1.165) is 23.2 Å². The Hall–Kier alpha value is -4.08. The minimum absolute atomic E-state index is 0.0125. The fraction of sp³-hybridized carbons (Fsp3) is 0.227. The number of nitrogens with zero attached hydrogens (tertiary/aromatic N) is 5. The molecule has 162 valence electrons. The van der Waals surface area contributed by atoms with Crippen LogP contribution in [-0.2, 0) is 11.3 Å². The van der Waals surface area contributed by atoms with E-state index in [4.69, 9.17) is 4.74 Å². The standard InChI is InChI=1S/C22H19FN6O3/c1-32-21-8-7-19-24-18(11-28(19)27-21)14-4-5-15(23)17(10-14)25-20(30)12-29-22(31)9-6-16(26-29)13-2-3-13/h4-11,13H,2-3,12H2,1H3,(H,25,30). The van der Waals surface area contributed by atoms with Gasteiger partial charge in [-0.25, -0.2) is 18.6 Å². The van der Waals surface area contributed by atoms with Crippen molar-refractivity contribution < 1.29 is 13.9 Å². The summed E-state index contributed by atoms with van der Waals surface area (Å²) in [6, 6.07) is 10.8. The van der Waals surface area contributed by atoms with E-state index in [1.54, 1.807) is 35.0 Å². The van der Waals surface area contributed by atoms with Crippen molar-refractivity contribution in [2.75, 3.05) is 12.4 Å². The number of hydrogen-bond acceptors (Lipinski definition) is 6. The maximum absolute atomic E-state index is 14.4. The van der Waals surface area contributed by atoms with Gasteiger partial charge < -0.3 is 10.1 Å². The molecule has 5 rings (SSSR count). The summed E-state index contributed by atoms with van der Waals surface area (Å²) in [4.78, 5) is 29.1. The second-order valence-corrected chi connectivity index (χ2v) is 7.58. The minimum atomic E-state index is -0.599. The van der Waals surface area contributed by atoms with Gasteiger partial charge in [-0.05, 0) is 43.2 Å². The molecule has 32 heavy (non-hydrogen) atoms. The van der Waals surface area contributed by atoms with Gasteiger partial charge in [0.2, 0.25) is 11.8 Å². The number of anilines is 1. The maximum atomic E-state index is 14.4. The number of amides is 1. The molecule has 1 aromatic carbocycles. The molecule has 4 aromatic rings. The molecule has 1 aliphatic carbocycles. The number of rotatable bonds is 6. The van der Waals surface area contributed by atoms with E-state index >= 15 is 0 Å². The second kappa shape index (κ2) is 7.88. The molecule has 1 aliphatic rings. The largest absolute Gasteiger partial charge is 0.480 e. The molecule has 9 nitrogen and oxygen atoms in total. The zero-order valence-electron chi connectivity index (χ0n) is 17.2. The third-order valence-corrected chi connectivity index (χ3v) is 5.22. The summed E-state index contributed by atoms with van der Waals surface area (Å²) in [5.41, 5.74) is 2.14. The van der Waals surface area contributed by atoms with Crippen molar-refractivity contribution in [1.82, 2.24) is 24.4 Å². The van der Waals surface area contributed by atoms with E-state index in [0.29, 0.717) is 28.7 Å². The molecule has 0 aliphatic heterocycles. The SMILES string of the molecule is COc1ccc2nc(-c3ccc(F)c(NC(=O)Cn4nc(C5CC5)ccc4=O)c3)cn2n1. The number of carbonyl (C=O) groups is 1. The van der Waals surface area contributed by atoms with Gasteiger partial charge in [-0.1, -0.05) is 0 Å². The normalized spacial score (nSPS) is 13.3. The summed E-state index contributed by atoms with van der Waals surface area (Å²) >= 11 is 0. The first-order chi connectivity index (χ1) is 15.5. The number of aromatic nitrogens is 5. The van der Waals surface area contributed by atoms with Crippen molar-refractivity contribution in [3.05, 3.63) is 70.5 Å². The van der Waals surface area contributed by atoms with Gasteiger partial charge >= 0.3 is 0 Å². The number of carbonyl (C=O) groups excluding carboxylic acids is 1. The summed E-state index contributed by atoms with van der Waals surface area (Å²) in [6.07, 6.45) is 3.74. The Balaban J connectivity index is 1.38. The Morgan fingerprint density at radius 1 is 1.19 bits per heavy atom. The van der Waals surface area contributed by atoms with Gasteiger partial charge in [-0.2, -0.15) is 5.10 Å². The lowest BCUT2D eigenvalue weighted by molar-refractivity contribution is -0.117. The van der Waals surface area contributed by atoms with E-state index in [1.165, 1.54) is 25.3 Å². The molecule has 0 unspecified atom stereocenters. The van der Waals surface area contributed by atoms with Crippen LogP contribution in [0.4, 0.5) is 10.1 Å². The first-order valence-electron chi connectivity index (χ1n) is 10.1. The van der Waals surface area contributed by atoms with Crippen LogP contribution in [-0.4, -0.2) is 37.4 Å². The van der Waals surface area contributed by atoms with E-state index in [9.17, 15) is 14.0 Å². The lowest BCUT2D eigenvalue weighted by atomic mass is 10.1. The fourth-order valence-electron chi connectivity index (χ4n) is 3.39. The lowest BCUT2D eigenvalue weighted by Crippen LogP contribution is -2.29. The summed E-state index contributed by atoms with van der Waals surface area (Å²) in [6.45, 7) is -0.304. The molecule has 1 N–H and O–H groups in total. The first-order valence-corrected chi connectivity index (χ1v) is 10.1. The number of fused-ring (bicyclic) bond motifs is 1. The first kappa shape index (κ1) is 19.9. The Bertz CT molecular complexity index is 1390. The van der Waals surface area contributed by atoms with Crippen molar-refractivity contribution in [1.29, 1.82) is 0 Å². The molecule has 0 bridgehead atoms. The van der Waals surface area contributed by atoms with Gasteiger partial charge in [0.25, 0.3) is 5.56 Å². The predicted octanol–water partition coefficient (Wildman–Crippen LogP) is 2.62. The van der Waals surface area contributed by atoms with Crippen LogP contribution in [0.3, 0.4) is 0 Å². The van der Waals surface area contributed by atoms with Crippen LogP contribution in [0.1, 0.15) is 24.5 Å². The van der Waals surface area contributed by atoms with Crippen LogP contribution < -0.4 is 15.6 Å². The van der Waals surface area contributed by atoms with E-state index < -0.39 is 11.7 Å². The van der Waals surface area contributed by atoms with Crippen molar-refractivity contribution in [3.63, 3.8) is 0 Å². The molecule has 3 aromatic heterocycles. The Labute approximate surface area is 181 Å². The summed E-state index contributed by atoms with van der Waals surface area (Å²) in [5, 5.41) is 11.0. The van der Waals surface area contributed by atoms with Gasteiger partial charge in [0.1, 0.15) is 12.4 Å². The Morgan fingerprint density at radius 2 is 2.03 bits per heavy atom. The Morgan fingerprint density at radius 3 is 2.81 bits per heavy atom. The number of nitrogens with one attached hydrogen (secondary N) is 1. The summed E-state index contributed by atoms with van der Waals surface area (Å²) < 4.78 is 22.2. The van der Waals surface area contributed by atoms with Gasteiger partial charge in [-0.3, -0.25) is 9.59 Å². The molecule has 3 heterocycles. The third kappa shape index (κ3) is 3.94. The van der Waals surface area contributed by atoms with E-state index in [2.05, 4.69) is 20.5 Å². The molecule has 1 amide bonds. The van der Waals surface area contributed by atoms with E-state index in [-0.39, 0.29) is 17.8 Å². The monoisotopic (exact) mass is 434 g/mol. The van der Waals surface area contributed by atoms with Crippen LogP contribution in [0.15, 0.2) is 53.5 Å². The van der Waals surface area contributed by atoms with Crippen molar-refractivity contribution in [2.24, 2.45) is 0 Å². The molecular formula is C22H19FN6O3. The van der Waals surface area contributed by atoms with Gasteiger partial charge in [-0.15, -0.1) is 5.10 Å². The van der Waals surface area contributed by atoms with E-state index in [1.807, 2.05) is 0 Å². The highest BCUT2D eigenvalue weighted by Gasteiger charge is 2.25. The molecule has 0 atom stereocenters. The molecule has 1 fully saturated rings. The fourth-order valence-corrected chi connectivity index (χ4v) is 3.39. The molecular weight excluding hydrogens is 415 g/mol. The van der Waals surface area contributed by atoms with Gasteiger partial charge in [0.05, 0.1) is 30.4 Å². The number of hydrogen-bond donors (Lipinski definition) is 1.